The van der Waals surface area contributed by atoms with Crippen LogP contribution in [-0.4, -0.2) is 23.5 Å². The summed E-state index contributed by atoms with van der Waals surface area (Å²) in [5, 5.41) is 8.95. The van der Waals surface area contributed by atoms with Crippen molar-refractivity contribution in [1.29, 1.82) is 0 Å². The van der Waals surface area contributed by atoms with Crippen molar-refractivity contribution in [3.63, 3.8) is 0 Å². The van der Waals surface area contributed by atoms with E-state index in [9.17, 15) is 9.59 Å². The molecule has 0 atom stereocenters. The lowest BCUT2D eigenvalue weighted by Crippen LogP contribution is -2.12. The molecule has 0 radical (unpaired) electrons. The first-order chi connectivity index (χ1) is 9.08. The topological polar surface area (TPSA) is 76.7 Å². The van der Waals surface area contributed by atoms with Gasteiger partial charge in [-0.3, -0.25) is 4.79 Å². The second-order valence-corrected chi connectivity index (χ2v) is 4.10. The maximum atomic E-state index is 12.2. The molecule has 0 amide bonds. The van der Waals surface area contributed by atoms with Crippen LogP contribution in [0.2, 0.25) is 5.02 Å². The molecular weight excluding hydrogens is 272 g/mol. The minimum absolute atomic E-state index is 0.165. The Morgan fingerprint density at radius 3 is 2.74 bits per heavy atom. The van der Waals surface area contributed by atoms with Crippen LogP contribution >= 0.6 is 11.6 Å². The minimum Gasteiger partial charge on any atom is -0.481 e. The normalized spacial score (nSPS) is 10.2. The number of ketones is 1. The Morgan fingerprint density at radius 1 is 1.32 bits per heavy atom. The Labute approximate surface area is 113 Å². The Bertz CT molecular complexity index is 604. The predicted molar refractivity (Wildman–Crippen MR) is 66.7 cm³/mol. The Hall–Kier alpha value is -2.27. The van der Waals surface area contributed by atoms with Crippen molar-refractivity contribution in [2.75, 3.05) is 6.61 Å². The third-order valence-electron chi connectivity index (χ3n) is 2.32. The number of furan rings is 1. The quantitative estimate of drug-likeness (QED) is 0.852. The van der Waals surface area contributed by atoms with Crippen LogP contribution in [-0.2, 0) is 4.79 Å². The fourth-order valence-corrected chi connectivity index (χ4v) is 1.67. The smallest absolute Gasteiger partial charge is 0.341 e. The summed E-state index contributed by atoms with van der Waals surface area (Å²) in [4.78, 5) is 22.7. The van der Waals surface area contributed by atoms with Crippen LogP contribution in [0.1, 0.15) is 15.9 Å². The van der Waals surface area contributed by atoms with E-state index < -0.39 is 12.6 Å². The van der Waals surface area contributed by atoms with Crippen LogP contribution in [0.4, 0.5) is 0 Å². The van der Waals surface area contributed by atoms with Crippen LogP contribution in [0.3, 0.4) is 0 Å². The van der Waals surface area contributed by atoms with E-state index in [-0.39, 0.29) is 17.1 Å². The predicted octanol–water partition coefficient (Wildman–Crippen LogP) is 2.63. The lowest BCUT2D eigenvalue weighted by atomic mass is 10.1. The van der Waals surface area contributed by atoms with E-state index in [1.54, 1.807) is 0 Å². The van der Waals surface area contributed by atoms with Gasteiger partial charge in [-0.25, -0.2) is 4.79 Å². The number of carboxylic acid groups (broad SMARTS) is 1. The molecule has 0 fully saturated rings. The number of carbonyl (C=O) groups is 2. The maximum Gasteiger partial charge on any atom is 0.341 e. The molecule has 2 aromatic rings. The van der Waals surface area contributed by atoms with E-state index in [1.807, 2.05) is 0 Å². The number of carboxylic acids is 1. The average molecular weight is 281 g/mol. The lowest BCUT2D eigenvalue weighted by molar-refractivity contribution is -0.139. The summed E-state index contributed by atoms with van der Waals surface area (Å²) in [6.45, 7) is -0.534. The molecule has 0 bridgehead atoms. The van der Waals surface area contributed by atoms with Crippen LogP contribution in [0, 0.1) is 0 Å². The summed E-state index contributed by atoms with van der Waals surface area (Å²) in [5.41, 5.74) is 0.526. The van der Waals surface area contributed by atoms with E-state index in [1.165, 1.54) is 36.8 Å². The molecule has 0 spiro atoms. The van der Waals surface area contributed by atoms with Gasteiger partial charge in [0.15, 0.2) is 12.4 Å². The van der Waals surface area contributed by atoms with Gasteiger partial charge < -0.3 is 14.3 Å². The molecule has 0 aliphatic rings. The molecular formula is C13H9ClO5. The number of hydrogen-bond acceptors (Lipinski definition) is 4. The second-order valence-electron chi connectivity index (χ2n) is 3.66. The van der Waals surface area contributed by atoms with Crippen LogP contribution in [0.5, 0.6) is 5.75 Å². The fourth-order valence-electron chi connectivity index (χ4n) is 1.49. The van der Waals surface area contributed by atoms with Gasteiger partial charge in [-0.05, 0) is 24.3 Å². The van der Waals surface area contributed by atoms with Gasteiger partial charge in [-0.2, -0.15) is 0 Å². The van der Waals surface area contributed by atoms with E-state index in [2.05, 4.69) is 0 Å². The number of benzene rings is 1. The summed E-state index contributed by atoms with van der Waals surface area (Å²) in [6, 6.07) is 5.90. The zero-order valence-electron chi connectivity index (χ0n) is 9.63. The Balaban J connectivity index is 2.34. The highest BCUT2D eigenvalue weighted by molar-refractivity contribution is 6.31. The molecule has 0 saturated heterocycles. The monoisotopic (exact) mass is 280 g/mol. The van der Waals surface area contributed by atoms with Gasteiger partial charge in [-0.1, -0.05) is 11.6 Å². The van der Waals surface area contributed by atoms with E-state index in [0.29, 0.717) is 10.6 Å². The molecule has 5 nitrogen and oxygen atoms in total. The number of ether oxygens (including phenoxy) is 1. The van der Waals surface area contributed by atoms with Gasteiger partial charge >= 0.3 is 5.97 Å². The number of carbonyl (C=O) groups excluding carboxylic acids is 1. The van der Waals surface area contributed by atoms with Crippen molar-refractivity contribution in [1.82, 2.24) is 0 Å². The summed E-state index contributed by atoms with van der Waals surface area (Å²) in [7, 11) is 0. The van der Waals surface area contributed by atoms with Gasteiger partial charge in [-0.15, -0.1) is 0 Å². The molecule has 0 aliphatic carbocycles. The first-order valence-corrected chi connectivity index (χ1v) is 5.67. The van der Waals surface area contributed by atoms with Crippen LogP contribution < -0.4 is 4.74 Å². The van der Waals surface area contributed by atoms with Gasteiger partial charge in [0.25, 0.3) is 0 Å². The highest BCUT2D eigenvalue weighted by atomic mass is 35.5. The third-order valence-corrected chi connectivity index (χ3v) is 2.56. The molecule has 19 heavy (non-hydrogen) atoms. The molecule has 2 rings (SSSR count). The van der Waals surface area contributed by atoms with Crippen molar-refractivity contribution in [2.24, 2.45) is 0 Å². The van der Waals surface area contributed by atoms with Gasteiger partial charge in [0.05, 0.1) is 17.4 Å². The molecule has 6 heteroatoms. The standard InChI is InChI=1S/C13H9ClO5/c14-9-1-2-11(19-7-12(15)16)10(5-9)13(17)8-3-4-18-6-8/h1-6H,7H2,(H,15,16). The number of hydrogen-bond donors (Lipinski definition) is 1. The second kappa shape index (κ2) is 5.58. The van der Waals surface area contributed by atoms with Gasteiger partial charge in [0.2, 0.25) is 0 Å². The van der Waals surface area contributed by atoms with Gasteiger partial charge in [0.1, 0.15) is 12.0 Å². The zero-order chi connectivity index (χ0) is 13.8. The molecule has 0 saturated carbocycles. The summed E-state index contributed by atoms with van der Waals surface area (Å²) in [5.74, 6) is -1.31. The van der Waals surface area contributed by atoms with Crippen molar-refractivity contribution in [3.05, 3.63) is 52.9 Å². The summed E-state index contributed by atoms with van der Waals surface area (Å²) in [6.07, 6.45) is 2.67. The van der Waals surface area contributed by atoms with Crippen molar-refractivity contribution in [3.8, 4) is 5.75 Å². The first-order valence-electron chi connectivity index (χ1n) is 5.29. The van der Waals surface area contributed by atoms with E-state index >= 15 is 0 Å². The van der Waals surface area contributed by atoms with Crippen molar-refractivity contribution < 1.29 is 23.8 Å². The first kappa shape index (κ1) is 13.2. The molecule has 1 aromatic carbocycles. The molecule has 98 valence electrons. The van der Waals surface area contributed by atoms with Crippen molar-refractivity contribution in [2.45, 2.75) is 0 Å². The fraction of sp³-hybridized carbons (Fsp3) is 0.0769. The highest BCUT2D eigenvalue weighted by Gasteiger charge is 2.17. The number of rotatable bonds is 5. The largest absolute Gasteiger partial charge is 0.481 e. The summed E-state index contributed by atoms with van der Waals surface area (Å²) < 4.78 is 9.90. The van der Waals surface area contributed by atoms with Crippen molar-refractivity contribution >= 4 is 23.4 Å². The third kappa shape index (κ3) is 3.14. The Kier molecular flexibility index (Phi) is 3.87. The minimum atomic E-state index is -1.13. The number of aliphatic carboxylic acids is 1. The highest BCUT2D eigenvalue weighted by Crippen LogP contribution is 2.25. The number of halogens is 1. The lowest BCUT2D eigenvalue weighted by Gasteiger charge is -2.08. The zero-order valence-corrected chi connectivity index (χ0v) is 10.4. The SMILES string of the molecule is O=C(O)COc1ccc(Cl)cc1C(=O)c1ccoc1. The maximum absolute atomic E-state index is 12.2. The average Bonchev–Trinajstić information content (AvgIpc) is 2.90. The molecule has 0 unspecified atom stereocenters. The van der Waals surface area contributed by atoms with Crippen LogP contribution in [0.15, 0.2) is 41.2 Å². The molecule has 1 N–H and O–H groups in total. The Morgan fingerprint density at radius 2 is 2.11 bits per heavy atom. The van der Waals surface area contributed by atoms with E-state index in [4.69, 9.17) is 25.9 Å². The molecule has 0 aliphatic heterocycles. The van der Waals surface area contributed by atoms with E-state index in [0.717, 1.165) is 0 Å². The molecule has 1 aromatic heterocycles. The van der Waals surface area contributed by atoms with Gasteiger partial charge in [0, 0.05) is 5.02 Å². The molecule has 1 heterocycles. The van der Waals surface area contributed by atoms with Crippen LogP contribution in [0.25, 0.3) is 0 Å². The summed E-state index contributed by atoms with van der Waals surface area (Å²) >= 11 is 5.84.